The molecule has 1 aliphatic rings. The highest BCUT2D eigenvalue weighted by molar-refractivity contribution is 6.07. The topological polar surface area (TPSA) is 63.9 Å². The Bertz CT molecular complexity index is 1320. The Kier molecular flexibility index (Phi) is 5.44. The first kappa shape index (κ1) is 21.3. The number of benzene rings is 1. The largest absolute Gasteiger partial charge is 0.338 e. The molecule has 3 aromatic heterocycles. The summed E-state index contributed by atoms with van der Waals surface area (Å²) in [6.45, 7) is 10.0. The first-order valence-electron chi connectivity index (χ1n) is 11.6. The molecule has 1 fully saturated rings. The average Bonchev–Trinajstić information content (AvgIpc) is 3.14. The van der Waals surface area contributed by atoms with Gasteiger partial charge in [0.2, 0.25) is 0 Å². The third kappa shape index (κ3) is 4.01. The van der Waals surface area contributed by atoms with Crippen molar-refractivity contribution in [3.63, 3.8) is 0 Å². The minimum Gasteiger partial charge on any atom is -0.338 e. The molecule has 1 aliphatic heterocycles. The van der Waals surface area contributed by atoms with E-state index in [2.05, 4.69) is 37.9 Å². The van der Waals surface area contributed by atoms with Crippen molar-refractivity contribution in [2.75, 3.05) is 13.1 Å². The average molecular weight is 440 g/mol. The molecular weight excluding hydrogens is 410 g/mol. The fraction of sp³-hybridized carbons (Fsp3) is 0.333. The smallest absolute Gasteiger partial charge is 0.254 e. The summed E-state index contributed by atoms with van der Waals surface area (Å²) in [5, 5.41) is 5.64. The third-order valence-corrected chi connectivity index (χ3v) is 6.40. The Labute approximate surface area is 194 Å². The van der Waals surface area contributed by atoms with Gasteiger partial charge < -0.3 is 4.90 Å². The van der Waals surface area contributed by atoms with Gasteiger partial charge in [0, 0.05) is 31.0 Å². The monoisotopic (exact) mass is 439 g/mol. The van der Waals surface area contributed by atoms with Crippen molar-refractivity contribution in [2.45, 2.75) is 34.1 Å². The van der Waals surface area contributed by atoms with Crippen molar-refractivity contribution in [3.05, 3.63) is 71.7 Å². The lowest BCUT2D eigenvalue weighted by atomic mass is 9.91. The highest BCUT2D eigenvalue weighted by atomic mass is 16.2. The van der Waals surface area contributed by atoms with E-state index in [1.807, 2.05) is 46.8 Å². The summed E-state index contributed by atoms with van der Waals surface area (Å²) in [5.74, 6) is 1.03. The van der Waals surface area contributed by atoms with Crippen molar-refractivity contribution in [1.29, 1.82) is 0 Å². The Morgan fingerprint density at radius 3 is 2.52 bits per heavy atom. The zero-order valence-corrected chi connectivity index (χ0v) is 19.6. The normalized spacial score (nSPS) is 18.6. The van der Waals surface area contributed by atoms with E-state index in [4.69, 9.17) is 10.1 Å². The van der Waals surface area contributed by atoms with E-state index in [0.717, 1.165) is 53.1 Å². The second kappa shape index (κ2) is 8.43. The van der Waals surface area contributed by atoms with E-state index in [9.17, 15) is 4.79 Å². The van der Waals surface area contributed by atoms with E-state index >= 15 is 0 Å². The molecule has 0 N–H and O–H groups in total. The Morgan fingerprint density at radius 1 is 1.03 bits per heavy atom. The van der Waals surface area contributed by atoms with Crippen molar-refractivity contribution >= 4 is 16.9 Å². The number of aromatic nitrogens is 4. The zero-order chi connectivity index (χ0) is 23.1. The van der Waals surface area contributed by atoms with E-state index in [-0.39, 0.29) is 5.91 Å². The van der Waals surface area contributed by atoms with Crippen LogP contribution in [0.2, 0.25) is 0 Å². The van der Waals surface area contributed by atoms with Gasteiger partial charge in [-0.15, -0.1) is 0 Å². The van der Waals surface area contributed by atoms with Crippen LogP contribution in [-0.4, -0.2) is 43.6 Å². The van der Waals surface area contributed by atoms with Gasteiger partial charge in [0.1, 0.15) is 0 Å². The van der Waals surface area contributed by atoms with Crippen molar-refractivity contribution in [2.24, 2.45) is 11.8 Å². The number of carbonyl (C=O) groups excluding carboxylic acids is 1. The van der Waals surface area contributed by atoms with Gasteiger partial charge in [-0.25, -0.2) is 9.67 Å². The number of hydrogen-bond acceptors (Lipinski definition) is 4. The summed E-state index contributed by atoms with van der Waals surface area (Å²) < 4.78 is 1.86. The van der Waals surface area contributed by atoms with Crippen LogP contribution in [0.4, 0.5) is 0 Å². The summed E-state index contributed by atoms with van der Waals surface area (Å²) in [5.41, 5.74) is 5.84. The van der Waals surface area contributed by atoms with Crippen LogP contribution in [0.1, 0.15) is 41.9 Å². The number of likely N-dealkylation sites (tertiary alicyclic amines) is 1. The number of rotatable bonds is 3. The van der Waals surface area contributed by atoms with Gasteiger partial charge in [0.15, 0.2) is 5.65 Å². The predicted octanol–water partition coefficient (Wildman–Crippen LogP) is 5.22. The molecular formula is C27H29N5O. The summed E-state index contributed by atoms with van der Waals surface area (Å²) in [6, 6.07) is 14.0. The van der Waals surface area contributed by atoms with Gasteiger partial charge in [-0.1, -0.05) is 26.0 Å². The first-order valence-corrected chi connectivity index (χ1v) is 11.6. The molecule has 5 rings (SSSR count). The Hall–Kier alpha value is -3.54. The van der Waals surface area contributed by atoms with E-state index in [1.165, 1.54) is 0 Å². The summed E-state index contributed by atoms with van der Waals surface area (Å²) >= 11 is 0. The van der Waals surface area contributed by atoms with E-state index < -0.39 is 0 Å². The van der Waals surface area contributed by atoms with Crippen LogP contribution in [0.15, 0.2) is 54.9 Å². The molecule has 2 atom stereocenters. The lowest BCUT2D eigenvalue weighted by molar-refractivity contribution is 0.0625. The molecule has 6 nitrogen and oxygen atoms in total. The third-order valence-electron chi connectivity index (χ3n) is 6.40. The molecule has 4 heterocycles. The minimum atomic E-state index is 0.0535. The van der Waals surface area contributed by atoms with Crippen LogP contribution < -0.4 is 0 Å². The van der Waals surface area contributed by atoms with E-state index in [1.54, 1.807) is 12.4 Å². The van der Waals surface area contributed by atoms with Crippen LogP contribution >= 0.6 is 0 Å². The Morgan fingerprint density at radius 2 is 1.82 bits per heavy atom. The molecule has 33 heavy (non-hydrogen) atoms. The lowest BCUT2D eigenvalue weighted by Crippen LogP contribution is -2.42. The molecule has 1 aromatic carbocycles. The summed E-state index contributed by atoms with van der Waals surface area (Å²) in [6.07, 6.45) is 4.68. The van der Waals surface area contributed by atoms with Gasteiger partial charge in [-0.3, -0.25) is 9.78 Å². The van der Waals surface area contributed by atoms with Gasteiger partial charge in [0.25, 0.3) is 5.91 Å². The molecule has 4 aromatic rings. The standard InChI is InChI=1S/C27H29N5O/c1-17-7-5-9-22(12-17)32-26-25(20(4)30-32)23(13-24(29-26)21-8-6-10-28-14-21)27(33)31-15-18(2)11-19(3)16-31/h5-10,12-14,18-19H,11,15-16H2,1-4H3. The molecule has 2 unspecified atom stereocenters. The lowest BCUT2D eigenvalue weighted by Gasteiger charge is -2.35. The van der Waals surface area contributed by atoms with Gasteiger partial charge in [0.05, 0.1) is 28.0 Å². The SMILES string of the molecule is Cc1cccc(-n2nc(C)c3c(C(=O)N4CC(C)CC(C)C4)cc(-c4cccnc4)nc32)c1. The maximum atomic E-state index is 13.9. The number of amides is 1. The summed E-state index contributed by atoms with van der Waals surface area (Å²) in [4.78, 5) is 25.1. The van der Waals surface area contributed by atoms with E-state index in [0.29, 0.717) is 23.0 Å². The van der Waals surface area contributed by atoms with Gasteiger partial charge in [-0.05, 0) is 68.0 Å². The molecule has 0 radical (unpaired) electrons. The number of fused-ring (bicyclic) bond motifs is 1. The Balaban J connectivity index is 1.73. The number of aryl methyl sites for hydroxylation is 2. The maximum absolute atomic E-state index is 13.9. The van der Waals surface area contributed by atoms with Crippen molar-refractivity contribution in [3.8, 4) is 16.9 Å². The van der Waals surface area contributed by atoms with Crippen molar-refractivity contribution in [1.82, 2.24) is 24.6 Å². The van der Waals surface area contributed by atoms with Crippen molar-refractivity contribution < 1.29 is 4.79 Å². The van der Waals surface area contributed by atoms with Gasteiger partial charge in [-0.2, -0.15) is 5.10 Å². The molecule has 6 heteroatoms. The fourth-order valence-corrected chi connectivity index (χ4v) is 5.06. The number of piperidine rings is 1. The van der Waals surface area contributed by atoms with Crippen LogP contribution in [0.25, 0.3) is 28.0 Å². The number of nitrogens with zero attached hydrogens (tertiary/aromatic N) is 5. The number of hydrogen-bond donors (Lipinski definition) is 0. The molecule has 0 bridgehead atoms. The predicted molar refractivity (Wildman–Crippen MR) is 130 cm³/mol. The molecule has 0 spiro atoms. The fourth-order valence-electron chi connectivity index (χ4n) is 5.06. The summed E-state index contributed by atoms with van der Waals surface area (Å²) in [7, 11) is 0. The van der Waals surface area contributed by atoms with Crippen LogP contribution in [0.3, 0.4) is 0 Å². The maximum Gasteiger partial charge on any atom is 0.254 e. The highest BCUT2D eigenvalue weighted by Gasteiger charge is 2.29. The quantitative estimate of drug-likeness (QED) is 0.439. The second-order valence-corrected chi connectivity index (χ2v) is 9.49. The molecule has 168 valence electrons. The van der Waals surface area contributed by atoms with Crippen LogP contribution in [-0.2, 0) is 0 Å². The highest BCUT2D eigenvalue weighted by Crippen LogP contribution is 2.31. The van der Waals surface area contributed by atoms with Gasteiger partial charge >= 0.3 is 0 Å². The molecule has 1 saturated heterocycles. The zero-order valence-electron chi connectivity index (χ0n) is 19.6. The van der Waals surface area contributed by atoms with Crippen LogP contribution in [0.5, 0.6) is 0 Å². The van der Waals surface area contributed by atoms with Crippen LogP contribution in [0, 0.1) is 25.7 Å². The molecule has 1 amide bonds. The minimum absolute atomic E-state index is 0.0535. The second-order valence-electron chi connectivity index (χ2n) is 9.49. The first-order chi connectivity index (χ1) is 15.9. The number of carbonyl (C=O) groups is 1. The number of pyridine rings is 2. The molecule has 0 saturated carbocycles. The molecule has 0 aliphatic carbocycles.